The number of rotatable bonds is 6. The summed E-state index contributed by atoms with van der Waals surface area (Å²) in [5, 5.41) is 21.3. The smallest absolute Gasteiger partial charge is 0.341 e. The highest BCUT2D eigenvalue weighted by atomic mass is 16.5. The number of carbonyl (C=O) groups excluding carboxylic acids is 1. The molecule has 33 heavy (non-hydrogen) atoms. The van der Waals surface area contributed by atoms with Crippen molar-refractivity contribution in [1.29, 1.82) is 0 Å². The van der Waals surface area contributed by atoms with Gasteiger partial charge in [0.05, 0.1) is 11.0 Å². The average Bonchev–Trinajstić information content (AvgIpc) is 3.39. The molecule has 4 N–H and O–H groups in total. The third kappa shape index (κ3) is 5.12. The number of aromatic nitrogens is 4. The van der Waals surface area contributed by atoms with Crippen LogP contribution in [-0.4, -0.2) is 43.5 Å². The fourth-order valence-electron chi connectivity index (χ4n) is 3.19. The maximum Gasteiger partial charge on any atom is 0.341 e. The van der Waals surface area contributed by atoms with E-state index in [1.54, 1.807) is 30.6 Å². The number of amides is 2. The van der Waals surface area contributed by atoms with Crippen LogP contribution in [0.3, 0.4) is 0 Å². The standard InChI is InChI=1S/C23H24N6O4/c1-23(2,3)19-11-20(28-27-19)26-22(32)25-14-4-6-15(7-5-14)29-13-24-17-10-16(8-9-18(17)29)33-12-21(30)31/h4-11,13H,12H2,1-3H3,(H,30,31)(H3,25,26,27,28,32). The van der Waals surface area contributed by atoms with Crippen LogP contribution in [0.15, 0.2) is 54.9 Å². The van der Waals surface area contributed by atoms with Gasteiger partial charge in [0.15, 0.2) is 12.4 Å². The van der Waals surface area contributed by atoms with Crippen molar-refractivity contribution in [1.82, 2.24) is 19.7 Å². The maximum atomic E-state index is 12.3. The number of hydrogen-bond donors (Lipinski definition) is 4. The maximum absolute atomic E-state index is 12.3. The first-order valence-electron chi connectivity index (χ1n) is 10.2. The summed E-state index contributed by atoms with van der Waals surface area (Å²) in [5.41, 5.74) is 3.82. The van der Waals surface area contributed by atoms with Crippen LogP contribution in [-0.2, 0) is 10.2 Å². The highest BCUT2D eigenvalue weighted by Gasteiger charge is 2.17. The summed E-state index contributed by atoms with van der Waals surface area (Å²) >= 11 is 0. The van der Waals surface area contributed by atoms with E-state index >= 15 is 0 Å². The number of aliphatic carboxylic acids is 1. The van der Waals surface area contributed by atoms with E-state index in [9.17, 15) is 9.59 Å². The van der Waals surface area contributed by atoms with E-state index in [0.29, 0.717) is 22.8 Å². The first-order valence-corrected chi connectivity index (χ1v) is 10.2. The molecule has 0 radical (unpaired) electrons. The molecule has 2 aromatic heterocycles. The molecule has 10 nitrogen and oxygen atoms in total. The predicted molar refractivity (Wildman–Crippen MR) is 124 cm³/mol. The van der Waals surface area contributed by atoms with Gasteiger partial charge in [-0.05, 0) is 36.4 Å². The first-order chi connectivity index (χ1) is 15.7. The Morgan fingerprint density at radius 1 is 1.09 bits per heavy atom. The van der Waals surface area contributed by atoms with Gasteiger partial charge in [0.1, 0.15) is 12.1 Å². The molecule has 0 aliphatic carbocycles. The fourth-order valence-corrected chi connectivity index (χ4v) is 3.19. The Hall–Kier alpha value is -4.34. The molecule has 0 aliphatic rings. The van der Waals surface area contributed by atoms with Crippen LogP contribution in [0.5, 0.6) is 5.75 Å². The van der Waals surface area contributed by atoms with E-state index in [2.05, 4.69) is 46.6 Å². The predicted octanol–water partition coefficient (Wildman–Crippen LogP) is 4.15. The minimum Gasteiger partial charge on any atom is -0.482 e. The van der Waals surface area contributed by atoms with E-state index in [1.807, 2.05) is 28.8 Å². The number of benzene rings is 2. The van der Waals surface area contributed by atoms with Crippen molar-refractivity contribution in [2.75, 3.05) is 17.2 Å². The van der Waals surface area contributed by atoms with Crippen molar-refractivity contribution in [2.24, 2.45) is 0 Å². The highest BCUT2D eigenvalue weighted by Crippen LogP contribution is 2.24. The minimum absolute atomic E-state index is 0.0935. The van der Waals surface area contributed by atoms with Gasteiger partial charge in [-0.2, -0.15) is 5.10 Å². The average molecular weight is 448 g/mol. The Morgan fingerprint density at radius 2 is 1.85 bits per heavy atom. The molecule has 0 bridgehead atoms. The molecule has 10 heteroatoms. The van der Waals surface area contributed by atoms with E-state index in [-0.39, 0.29) is 5.41 Å². The number of fused-ring (bicyclic) bond motifs is 1. The topological polar surface area (TPSA) is 134 Å². The number of H-pyrrole nitrogens is 1. The molecule has 2 aromatic carbocycles. The van der Waals surface area contributed by atoms with E-state index in [4.69, 9.17) is 9.84 Å². The second-order valence-electron chi connectivity index (χ2n) is 8.49. The van der Waals surface area contributed by atoms with Crippen molar-refractivity contribution >= 4 is 34.5 Å². The number of nitrogens with zero attached hydrogens (tertiary/aromatic N) is 3. The third-order valence-electron chi connectivity index (χ3n) is 4.91. The van der Waals surface area contributed by atoms with Crippen LogP contribution in [0, 0.1) is 0 Å². The minimum atomic E-state index is -1.04. The van der Waals surface area contributed by atoms with Crippen molar-refractivity contribution in [3.8, 4) is 11.4 Å². The highest BCUT2D eigenvalue weighted by molar-refractivity contribution is 5.99. The molecule has 170 valence electrons. The monoisotopic (exact) mass is 448 g/mol. The number of ether oxygens (including phenoxy) is 1. The number of carbonyl (C=O) groups is 2. The van der Waals surface area contributed by atoms with Crippen LogP contribution >= 0.6 is 0 Å². The lowest BCUT2D eigenvalue weighted by atomic mass is 9.92. The Kier molecular flexibility index (Phi) is 5.74. The molecule has 0 fully saturated rings. The molecule has 0 unspecified atom stereocenters. The summed E-state index contributed by atoms with van der Waals surface area (Å²) in [6.07, 6.45) is 1.67. The van der Waals surface area contributed by atoms with Gasteiger partial charge >= 0.3 is 12.0 Å². The van der Waals surface area contributed by atoms with Crippen molar-refractivity contribution in [2.45, 2.75) is 26.2 Å². The number of anilines is 2. The zero-order valence-corrected chi connectivity index (χ0v) is 18.4. The van der Waals surface area contributed by atoms with Crippen LogP contribution in [0.4, 0.5) is 16.3 Å². The second kappa shape index (κ2) is 8.65. The third-order valence-corrected chi connectivity index (χ3v) is 4.91. The number of urea groups is 1. The number of nitrogens with one attached hydrogen (secondary N) is 3. The van der Waals surface area contributed by atoms with E-state index in [0.717, 1.165) is 16.9 Å². The van der Waals surface area contributed by atoms with Gasteiger partial charge < -0.3 is 15.2 Å². The largest absolute Gasteiger partial charge is 0.482 e. The van der Waals surface area contributed by atoms with E-state index < -0.39 is 18.6 Å². The first kappa shape index (κ1) is 21.9. The molecule has 0 atom stereocenters. The second-order valence-corrected chi connectivity index (χ2v) is 8.49. The van der Waals surface area contributed by atoms with Gasteiger partial charge in [-0.1, -0.05) is 20.8 Å². The molecule has 2 amide bonds. The Balaban J connectivity index is 1.42. The van der Waals surface area contributed by atoms with Crippen LogP contribution < -0.4 is 15.4 Å². The number of hydrogen-bond acceptors (Lipinski definition) is 5. The van der Waals surface area contributed by atoms with Gasteiger partial charge in [0.25, 0.3) is 0 Å². The van der Waals surface area contributed by atoms with Crippen molar-refractivity contribution < 1.29 is 19.4 Å². The van der Waals surface area contributed by atoms with Gasteiger partial charge in [-0.15, -0.1) is 0 Å². The van der Waals surface area contributed by atoms with Crippen molar-refractivity contribution in [3.63, 3.8) is 0 Å². The summed E-state index contributed by atoms with van der Waals surface area (Å²) in [6, 6.07) is 13.9. The molecule has 0 saturated carbocycles. The molecule has 4 rings (SSSR count). The van der Waals surface area contributed by atoms with Gasteiger partial charge in [-0.3, -0.25) is 15.0 Å². The number of carboxylic acids is 1. The molecule has 4 aromatic rings. The number of aromatic amines is 1. The molecular weight excluding hydrogens is 424 g/mol. The summed E-state index contributed by atoms with van der Waals surface area (Å²) < 4.78 is 7.09. The van der Waals surface area contributed by atoms with Gasteiger partial charge in [0.2, 0.25) is 0 Å². The summed E-state index contributed by atoms with van der Waals surface area (Å²) in [6.45, 7) is 5.76. The van der Waals surface area contributed by atoms with E-state index in [1.165, 1.54) is 0 Å². The molecule has 0 saturated heterocycles. The fraction of sp³-hybridized carbons (Fsp3) is 0.217. The van der Waals surface area contributed by atoms with Crippen LogP contribution in [0.1, 0.15) is 26.5 Å². The molecule has 0 spiro atoms. The lowest BCUT2D eigenvalue weighted by Gasteiger charge is -2.14. The van der Waals surface area contributed by atoms with Crippen LogP contribution in [0.2, 0.25) is 0 Å². The van der Waals surface area contributed by atoms with Crippen LogP contribution in [0.25, 0.3) is 16.7 Å². The summed E-state index contributed by atoms with van der Waals surface area (Å²) in [5.74, 6) is -0.153. The molecule has 2 heterocycles. The number of imidazole rings is 1. The molecular formula is C23H24N6O4. The Bertz CT molecular complexity index is 1300. The lowest BCUT2D eigenvalue weighted by Crippen LogP contribution is -2.19. The Labute approximate surface area is 189 Å². The zero-order chi connectivity index (χ0) is 23.6. The van der Waals surface area contributed by atoms with Gasteiger partial charge in [0, 0.05) is 34.6 Å². The summed E-state index contributed by atoms with van der Waals surface area (Å²) in [7, 11) is 0. The number of carboxylic acid groups (broad SMARTS) is 1. The Morgan fingerprint density at radius 3 is 2.52 bits per heavy atom. The van der Waals surface area contributed by atoms with Gasteiger partial charge in [-0.25, -0.2) is 14.6 Å². The quantitative estimate of drug-likeness (QED) is 0.350. The lowest BCUT2D eigenvalue weighted by molar-refractivity contribution is -0.139. The summed E-state index contributed by atoms with van der Waals surface area (Å²) in [4.78, 5) is 27.4. The SMILES string of the molecule is CC(C)(C)c1cc(NC(=O)Nc2ccc(-n3cnc4cc(OCC(=O)O)ccc43)cc2)n[nH]1. The molecule has 0 aliphatic heterocycles. The zero-order valence-electron chi connectivity index (χ0n) is 18.4. The normalized spacial score (nSPS) is 11.4. The van der Waals surface area contributed by atoms with Crippen molar-refractivity contribution in [3.05, 3.63) is 60.6 Å².